The first-order valence-corrected chi connectivity index (χ1v) is 8.33. The number of nitrogens with zero attached hydrogens (tertiary/aromatic N) is 2. The number of nitrogens with two attached hydrogens (primary N) is 1. The molecule has 116 valence electrons. The molecule has 2 heterocycles. The number of fused-ring (bicyclic) bond motifs is 2. The van der Waals surface area contributed by atoms with Crippen molar-refractivity contribution in [2.45, 2.75) is 38.1 Å². The zero-order valence-electron chi connectivity index (χ0n) is 12.8. The van der Waals surface area contributed by atoms with Crippen LogP contribution in [0.2, 0.25) is 0 Å². The van der Waals surface area contributed by atoms with Gasteiger partial charge in [0.05, 0.1) is 5.35 Å². The smallest absolute Gasteiger partial charge is 0.222 e. The summed E-state index contributed by atoms with van der Waals surface area (Å²) in [5, 5.41) is 9.05. The minimum atomic E-state index is 0.364. The van der Waals surface area contributed by atoms with Crippen LogP contribution in [-0.2, 0) is 0 Å². The van der Waals surface area contributed by atoms with Gasteiger partial charge >= 0.3 is 0 Å². The van der Waals surface area contributed by atoms with Gasteiger partial charge in [-0.2, -0.15) is 4.98 Å². The fourth-order valence-electron chi connectivity index (χ4n) is 3.58. The van der Waals surface area contributed by atoms with Crippen LogP contribution in [-0.4, -0.2) is 29.1 Å². The van der Waals surface area contributed by atoms with Crippen LogP contribution < -0.4 is 26.9 Å². The second-order valence-corrected chi connectivity index (χ2v) is 6.43. The minimum absolute atomic E-state index is 0.364. The molecule has 0 amide bonds. The Morgan fingerprint density at radius 3 is 2.91 bits per heavy atom. The van der Waals surface area contributed by atoms with E-state index in [9.17, 15) is 0 Å². The van der Waals surface area contributed by atoms with Crippen LogP contribution in [0.5, 0.6) is 0 Å². The number of nitrogen functional groups attached to an aromatic ring is 1. The Bertz CT molecular complexity index is 717. The zero-order valence-corrected chi connectivity index (χ0v) is 12.8. The average molecular weight is 297 g/mol. The van der Waals surface area contributed by atoms with E-state index in [1.54, 1.807) is 0 Å². The minimum Gasteiger partial charge on any atom is -0.368 e. The number of anilines is 2. The number of hydrogen-bond donors (Lipinski definition) is 3. The third-order valence-corrected chi connectivity index (χ3v) is 4.96. The molecule has 1 unspecified atom stereocenters. The molecule has 22 heavy (non-hydrogen) atoms. The third kappa shape index (κ3) is 2.50. The number of nitrogens with one attached hydrogen (secondary N) is 2. The molecule has 5 nitrogen and oxygen atoms in total. The molecular formula is C17H23N5. The third-order valence-electron chi connectivity index (χ3n) is 4.96. The van der Waals surface area contributed by atoms with Crippen LogP contribution in [0.3, 0.4) is 0 Å². The summed E-state index contributed by atoms with van der Waals surface area (Å²) in [5.41, 5.74) is 7.32. The largest absolute Gasteiger partial charge is 0.368 e. The number of aromatic nitrogens is 2. The van der Waals surface area contributed by atoms with E-state index in [1.165, 1.54) is 31.3 Å². The van der Waals surface area contributed by atoms with Gasteiger partial charge in [0.1, 0.15) is 5.82 Å². The second kappa shape index (κ2) is 5.72. The van der Waals surface area contributed by atoms with Gasteiger partial charge in [-0.3, -0.25) is 0 Å². The summed E-state index contributed by atoms with van der Waals surface area (Å²) in [6, 6.07) is 0.549. The second-order valence-electron chi connectivity index (χ2n) is 6.43. The Labute approximate surface area is 130 Å². The summed E-state index contributed by atoms with van der Waals surface area (Å²) in [4.78, 5) is 9.03. The van der Waals surface area contributed by atoms with Crippen molar-refractivity contribution >= 4 is 23.4 Å². The predicted molar refractivity (Wildman–Crippen MR) is 89.6 cm³/mol. The topological polar surface area (TPSA) is 75.9 Å². The monoisotopic (exact) mass is 297 g/mol. The lowest BCUT2D eigenvalue weighted by atomic mass is 9.86. The molecule has 1 aromatic heterocycles. The van der Waals surface area contributed by atoms with Crippen LogP contribution in [0, 0.1) is 5.92 Å². The van der Waals surface area contributed by atoms with Crippen molar-refractivity contribution in [1.82, 2.24) is 15.3 Å². The molecule has 0 spiro atoms. The summed E-state index contributed by atoms with van der Waals surface area (Å²) in [6.07, 6.45) is 12.7. The van der Waals surface area contributed by atoms with Crippen molar-refractivity contribution in [3.8, 4) is 0 Å². The Morgan fingerprint density at radius 1 is 1.23 bits per heavy atom. The highest BCUT2D eigenvalue weighted by atomic mass is 15.1. The highest BCUT2D eigenvalue weighted by molar-refractivity contribution is 5.63. The molecule has 0 radical (unpaired) electrons. The molecule has 0 aromatic carbocycles. The van der Waals surface area contributed by atoms with E-state index in [0.717, 1.165) is 35.9 Å². The molecule has 2 aliphatic carbocycles. The van der Waals surface area contributed by atoms with Crippen molar-refractivity contribution in [3.63, 3.8) is 0 Å². The molecule has 1 saturated heterocycles. The van der Waals surface area contributed by atoms with Gasteiger partial charge < -0.3 is 16.4 Å². The van der Waals surface area contributed by atoms with Crippen molar-refractivity contribution < 1.29 is 0 Å². The van der Waals surface area contributed by atoms with Gasteiger partial charge in [0.2, 0.25) is 5.95 Å². The molecular weight excluding hydrogens is 274 g/mol. The number of rotatable bonds is 3. The first-order chi connectivity index (χ1) is 10.8. The fourth-order valence-corrected chi connectivity index (χ4v) is 3.58. The Balaban J connectivity index is 1.80. The Hall–Kier alpha value is -1.88. The lowest BCUT2D eigenvalue weighted by Gasteiger charge is -2.27. The molecule has 3 aliphatic rings. The summed E-state index contributed by atoms with van der Waals surface area (Å²) in [7, 11) is 0. The van der Waals surface area contributed by atoms with Crippen LogP contribution in [0.15, 0.2) is 12.2 Å². The molecule has 1 aromatic rings. The van der Waals surface area contributed by atoms with Gasteiger partial charge in [-0.25, -0.2) is 4.98 Å². The van der Waals surface area contributed by atoms with Crippen molar-refractivity contribution in [3.05, 3.63) is 22.7 Å². The van der Waals surface area contributed by atoms with Crippen LogP contribution >= 0.6 is 0 Å². The normalized spacial score (nSPS) is 26.3. The van der Waals surface area contributed by atoms with E-state index < -0.39 is 0 Å². The van der Waals surface area contributed by atoms with E-state index in [0.29, 0.717) is 17.9 Å². The van der Waals surface area contributed by atoms with Gasteiger partial charge in [-0.1, -0.05) is 18.2 Å². The van der Waals surface area contributed by atoms with Gasteiger partial charge in [-0.05, 0) is 50.1 Å². The zero-order chi connectivity index (χ0) is 14.9. The summed E-state index contributed by atoms with van der Waals surface area (Å²) in [5.74, 6) is 1.87. The average Bonchev–Trinajstić information content (AvgIpc) is 2.65. The SMILES string of the molecule is Nc1nc(NC[C@H]2CCN2)c2c(n1)=C1C=CCCC1CCC=2. The van der Waals surface area contributed by atoms with E-state index in [-0.39, 0.29) is 0 Å². The van der Waals surface area contributed by atoms with Crippen LogP contribution in [0.4, 0.5) is 11.8 Å². The number of hydrogen-bond acceptors (Lipinski definition) is 5. The highest BCUT2D eigenvalue weighted by Crippen LogP contribution is 2.29. The first kappa shape index (κ1) is 13.8. The van der Waals surface area contributed by atoms with Crippen LogP contribution in [0.1, 0.15) is 32.1 Å². The van der Waals surface area contributed by atoms with Crippen molar-refractivity contribution in [1.29, 1.82) is 0 Å². The first-order valence-electron chi connectivity index (χ1n) is 8.33. The van der Waals surface area contributed by atoms with E-state index in [4.69, 9.17) is 5.73 Å². The maximum atomic E-state index is 5.98. The standard InChI is InChI=1S/C17H23N5/c18-17-21-15-13-6-2-1-4-11(13)5-3-7-14(15)16(22-17)20-10-12-8-9-19-12/h2,6-7,11-12,19H,1,3-5,8-10H2,(H3,18,20,21,22)/t11?,12-/m1/s1. The summed E-state index contributed by atoms with van der Waals surface area (Å²) >= 11 is 0. The fraction of sp³-hybridized carbons (Fsp3) is 0.529. The van der Waals surface area contributed by atoms with Crippen molar-refractivity contribution in [2.24, 2.45) is 5.92 Å². The molecule has 4 rings (SSSR count). The lowest BCUT2D eigenvalue weighted by molar-refractivity contribution is 0.386. The summed E-state index contributed by atoms with van der Waals surface area (Å²) in [6.45, 7) is 2.01. The summed E-state index contributed by atoms with van der Waals surface area (Å²) < 4.78 is 0. The molecule has 5 heteroatoms. The van der Waals surface area contributed by atoms with Gasteiger partial charge in [-0.15, -0.1) is 0 Å². The molecule has 1 fully saturated rings. The number of allylic oxidation sites excluding steroid dienone is 2. The molecule has 0 saturated carbocycles. The van der Waals surface area contributed by atoms with Gasteiger partial charge in [0.15, 0.2) is 0 Å². The highest BCUT2D eigenvalue weighted by Gasteiger charge is 2.21. The Morgan fingerprint density at radius 2 is 2.09 bits per heavy atom. The van der Waals surface area contributed by atoms with Crippen LogP contribution in [0.25, 0.3) is 11.6 Å². The van der Waals surface area contributed by atoms with E-state index in [1.807, 2.05) is 0 Å². The Kier molecular flexibility index (Phi) is 3.58. The lowest BCUT2D eigenvalue weighted by Crippen LogP contribution is -2.48. The van der Waals surface area contributed by atoms with Crippen molar-refractivity contribution in [2.75, 3.05) is 24.1 Å². The maximum Gasteiger partial charge on any atom is 0.222 e. The quantitative estimate of drug-likeness (QED) is 0.758. The molecule has 4 N–H and O–H groups in total. The maximum absolute atomic E-state index is 5.98. The molecule has 2 atom stereocenters. The van der Waals surface area contributed by atoms with E-state index >= 15 is 0 Å². The van der Waals surface area contributed by atoms with Gasteiger partial charge in [0, 0.05) is 17.8 Å². The van der Waals surface area contributed by atoms with Gasteiger partial charge in [0.25, 0.3) is 0 Å². The molecule has 1 aliphatic heterocycles. The predicted octanol–water partition coefficient (Wildman–Crippen LogP) is 0.524. The molecule has 0 bridgehead atoms. The van der Waals surface area contributed by atoms with E-state index in [2.05, 4.69) is 38.8 Å².